The minimum atomic E-state index is 0.543. The highest BCUT2D eigenvalue weighted by atomic mass is 16.5. The molecule has 1 rings (SSSR count). The van der Waals surface area contributed by atoms with Crippen molar-refractivity contribution < 1.29 is 9.53 Å². The van der Waals surface area contributed by atoms with Crippen LogP contribution < -0.4 is 10.1 Å². The quantitative estimate of drug-likeness (QED) is 0.725. The Kier molecular flexibility index (Phi) is 3.98. The summed E-state index contributed by atoms with van der Waals surface area (Å²) in [5, 5.41) is 3.08. The molecule has 3 heteroatoms. The Morgan fingerprint density at radius 2 is 2.29 bits per heavy atom. The third-order valence-electron chi connectivity index (χ3n) is 2.11. The van der Waals surface area contributed by atoms with Crippen molar-refractivity contribution in [1.29, 1.82) is 0 Å². The monoisotopic (exact) mass is 193 g/mol. The first-order valence-electron chi connectivity index (χ1n) is 4.60. The van der Waals surface area contributed by atoms with Crippen molar-refractivity contribution in [1.82, 2.24) is 0 Å². The normalized spacial score (nSPS) is 9.57. The molecule has 0 aromatic heterocycles. The summed E-state index contributed by atoms with van der Waals surface area (Å²) >= 11 is 0. The van der Waals surface area contributed by atoms with Crippen LogP contribution in [-0.2, 0) is 11.2 Å². The number of aldehydes is 1. The molecule has 0 aliphatic heterocycles. The van der Waals surface area contributed by atoms with Crippen molar-refractivity contribution in [3.8, 4) is 5.75 Å². The van der Waals surface area contributed by atoms with Crippen LogP contribution in [0.3, 0.4) is 0 Å². The average molecular weight is 193 g/mol. The molecule has 0 atom stereocenters. The van der Waals surface area contributed by atoms with Crippen LogP contribution in [0, 0.1) is 0 Å². The van der Waals surface area contributed by atoms with E-state index in [2.05, 4.69) is 5.32 Å². The Hall–Kier alpha value is -1.51. The topological polar surface area (TPSA) is 38.3 Å². The number of hydrogen-bond acceptors (Lipinski definition) is 3. The summed E-state index contributed by atoms with van der Waals surface area (Å²) < 4.78 is 5.12. The first-order chi connectivity index (χ1) is 6.81. The molecule has 1 aromatic carbocycles. The molecule has 0 aliphatic carbocycles. The van der Waals surface area contributed by atoms with Gasteiger partial charge in [0.05, 0.1) is 7.11 Å². The van der Waals surface area contributed by atoms with Crippen LogP contribution in [0.5, 0.6) is 5.75 Å². The molecule has 0 radical (unpaired) electrons. The van der Waals surface area contributed by atoms with E-state index in [0.717, 1.165) is 29.7 Å². The Morgan fingerprint density at radius 3 is 2.86 bits per heavy atom. The molecule has 1 aromatic rings. The summed E-state index contributed by atoms with van der Waals surface area (Å²) in [6.45, 7) is 0. The first-order valence-corrected chi connectivity index (χ1v) is 4.60. The number of carbonyl (C=O) groups excluding carboxylic acids is 1. The molecule has 0 aliphatic rings. The molecule has 0 bridgehead atoms. The minimum Gasteiger partial charge on any atom is -0.497 e. The second-order valence-electron chi connectivity index (χ2n) is 2.98. The molecule has 0 fully saturated rings. The van der Waals surface area contributed by atoms with E-state index in [4.69, 9.17) is 4.74 Å². The smallest absolute Gasteiger partial charge is 0.120 e. The number of anilines is 1. The summed E-state index contributed by atoms with van der Waals surface area (Å²) in [6.07, 6.45) is 2.22. The molecule has 0 saturated carbocycles. The Morgan fingerprint density at radius 1 is 1.50 bits per heavy atom. The predicted molar refractivity (Wildman–Crippen MR) is 56.9 cm³/mol. The van der Waals surface area contributed by atoms with Gasteiger partial charge in [-0.15, -0.1) is 0 Å². The van der Waals surface area contributed by atoms with Crippen molar-refractivity contribution in [3.05, 3.63) is 23.8 Å². The standard InChI is InChI=1S/C11H15NO2/c1-12-11-6-5-10(14-2)8-9(11)4-3-7-13/h5-8,12H,3-4H2,1-2H3. The fourth-order valence-corrected chi connectivity index (χ4v) is 1.36. The lowest BCUT2D eigenvalue weighted by Gasteiger charge is -2.09. The van der Waals surface area contributed by atoms with Gasteiger partial charge in [-0.2, -0.15) is 0 Å². The van der Waals surface area contributed by atoms with Crippen molar-refractivity contribution in [2.45, 2.75) is 12.8 Å². The van der Waals surface area contributed by atoms with Crippen LogP contribution in [0.4, 0.5) is 5.69 Å². The molecule has 76 valence electrons. The highest BCUT2D eigenvalue weighted by Gasteiger charge is 2.02. The summed E-state index contributed by atoms with van der Waals surface area (Å²) in [6, 6.07) is 5.81. The van der Waals surface area contributed by atoms with Crippen molar-refractivity contribution in [2.24, 2.45) is 0 Å². The molecule has 0 heterocycles. The lowest BCUT2D eigenvalue weighted by Crippen LogP contribution is -1.97. The number of aryl methyl sites for hydroxylation is 1. The zero-order chi connectivity index (χ0) is 10.4. The van der Waals surface area contributed by atoms with E-state index in [1.54, 1.807) is 7.11 Å². The van der Waals surface area contributed by atoms with Crippen LogP contribution in [0.25, 0.3) is 0 Å². The van der Waals surface area contributed by atoms with Gasteiger partial charge >= 0.3 is 0 Å². The van der Waals surface area contributed by atoms with E-state index in [1.165, 1.54) is 0 Å². The zero-order valence-electron chi connectivity index (χ0n) is 8.54. The predicted octanol–water partition coefficient (Wildman–Crippen LogP) is 1.87. The Bertz CT molecular complexity index is 310. The SMILES string of the molecule is CNc1ccc(OC)cc1CCC=O. The molecule has 14 heavy (non-hydrogen) atoms. The van der Waals surface area contributed by atoms with Gasteiger partial charge in [0, 0.05) is 19.2 Å². The van der Waals surface area contributed by atoms with Gasteiger partial charge < -0.3 is 14.8 Å². The number of benzene rings is 1. The second kappa shape index (κ2) is 5.27. The van der Waals surface area contributed by atoms with Gasteiger partial charge in [-0.1, -0.05) is 0 Å². The van der Waals surface area contributed by atoms with Gasteiger partial charge in [-0.05, 0) is 30.2 Å². The molecule has 1 N–H and O–H groups in total. The highest BCUT2D eigenvalue weighted by molar-refractivity contribution is 5.57. The van der Waals surface area contributed by atoms with Crippen LogP contribution in [0.1, 0.15) is 12.0 Å². The third kappa shape index (κ3) is 2.49. The summed E-state index contributed by atoms with van der Waals surface area (Å²) in [7, 11) is 3.50. The van der Waals surface area contributed by atoms with Gasteiger partial charge in [-0.3, -0.25) is 0 Å². The number of rotatable bonds is 5. The maximum Gasteiger partial charge on any atom is 0.120 e. The maximum atomic E-state index is 10.3. The van der Waals surface area contributed by atoms with Gasteiger partial charge in [0.15, 0.2) is 0 Å². The minimum absolute atomic E-state index is 0.543. The largest absolute Gasteiger partial charge is 0.497 e. The maximum absolute atomic E-state index is 10.3. The summed E-state index contributed by atoms with van der Waals surface area (Å²) in [5.41, 5.74) is 2.16. The van der Waals surface area contributed by atoms with Gasteiger partial charge in [0.2, 0.25) is 0 Å². The first kappa shape index (κ1) is 10.6. The number of methoxy groups -OCH3 is 1. The van der Waals surface area contributed by atoms with Gasteiger partial charge in [0.25, 0.3) is 0 Å². The molecule has 0 saturated heterocycles. The number of carbonyl (C=O) groups is 1. The Balaban J connectivity index is 2.89. The van der Waals surface area contributed by atoms with E-state index in [-0.39, 0.29) is 0 Å². The van der Waals surface area contributed by atoms with E-state index in [9.17, 15) is 4.79 Å². The number of hydrogen-bond donors (Lipinski definition) is 1. The molecule has 0 spiro atoms. The van der Waals surface area contributed by atoms with E-state index < -0.39 is 0 Å². The van der Waals surface area contributed by atoms with Crippen LogP contribution in [0.2, 0.25) is 0 Å². The second-order valence-corrected chi connectivity index (χ2v) is 2.98. The summed E-state index contributed by atoms with van der Waals surface area (Å²) in [5.74, 6) is 0.824. The van der Waals surface area contributed by atoms with Gasteiger partial charge in [-0.25, -0.2) is 0 Å². The van der Waals surface area contributed by atoms with Crippen LogP contribution >= 0.6 is 0 Å². The third-order valence-corrected chi connectivity index (χ3v) is 2.11. The van der Waals surface area contributed by atoms with Crippen molar-refractivity contribution in [3.63, 3.8) is 0 Å². The zero-order valence-corrected chi connectivity index (χ0v) is 8.54. The molecular formula is C11H15NO2. The molecule has 3 nitrogen and oxygen atoms in total. The lowest BCUT2D eigenvalue weighted by atomic mass is 10.1. The van der Waals surface area contributed by atoms with Gasteiger partial charge in [0.1, 0.15) is 12.0 Å². The molecule has 0 unspecified atom stereocenters. The van der Waals surface area contributed by atoms with E-state index >= 15 is 0 Å². The van der Waals surface area contributed by atoms with E-state index in [0.29, 0.717) is 6.42 Å². The van der Waals surface area contributed by atoms with Crippen molar-refractivity contribution >= 4 is 12.0 Å². The fraction of sp³-hybridized carbons (Fsp3) is 0.364. The summed E-state index contributed by atoms with van der Waals surface area (Å²) in [4.78, 5) is 10.3. The van der Waals surface area contributed by atoms with E-state index in [1.807, 2.05) is 25.2 Å². The fourth-order valence-electron chi connectivity index (χ4n) is 1.36. The van der Waals surface area contributed by atoms with Crippen LogP contribution in [-0.4, -0.2) is 20.4 Å². The number of ether oxygens (including phenoxy) is 1. The average Bonchev–Trinajstić information content (AvgIpc) is 2.25. The Labute approximate surface area is 84.1 Å². The highest BCUT2D eigenvalue weighted by Crippen LogP contribution is 2.22. The van der Waals surface area contributed by atoms with Crippen molar-refractivity contribution in [2.75, 3.05) is 19.5 Å². The lowest BCUT2D eigenvalue weighted by molar-refractivity contribution is -0.107. The van der Waals surface area contributed by atoms with Crippen LogP contribution in [0.15, 0.2) is 18.2 Å². The molecular weight excluding hydrogens is 178 g/mol. The molecule has 0 amide bonds. The number of nitrogens with one attached hydrogen (secondary N) is 1.